The predicted molar refractivity (Wildman–Crippen MR) is 109 cm³/mol. The molecule has 140 valence electrons. The average molecular weight is 380 g/mol. The van der Waals surface area contributed by atoms with Crippen LogP contribution < -0.4 is 5.30 Å². The summed E-state index contributed by atoms with van der Waals surface area (Å²) >= 11 is 0. The molecule has 4 rings (SSSR count). The van der Waals surface area contributed by atoms with Crippen LogP contribution in [0.25, 0.3) is 11.4 Å². The van der Waals surface area contributed by atoms with Crippen LogP contribution in [0.15, 0.2) is 48.8 Å². The highest BCUT2D eigenvalue weighted by Crippen LogP contribution is 2.57. The summed E-state index contributed by atoms with van der Waals surface area (Å²) in [6.45, 7) is 8.72. The van der Waals surface area contributed by atoms with Crippen molar-refractivity contribution in [2.75, 3.05) is 13.3 Å². The predicted octanol–water partition coefficient (Wildman–Crippen LogP) is 4.15. The lowest BCUT2D eigenvalue weighted by molar-refractivity contribution is 0.588. The lowest BCUT2D eigenvalue weighted by Crippen LogP contribution is -2.07. The van der Waals surface area contributed by atoms with Crippen LogP contribution in [0.1, 0.15) is 37.6 Å². The SMILES string of the molecule is CC1(C)CC1c1nc(-c2cccc(P(C)(C)=O)c2)n(Cc2cccnc2)n1. The average Bonchev–Trinajstić information content (AvgIpc) is 3.07. The highest BCUT2D eigenvalue weighted by molar-refractivity contribution is 7.70. The first-order valence-corrected chi connectivity index (χ1v) is 11.8. The van der Waals surface area contributed by atoms with Crippen molar-refractivity contribution < 1.29 is 4.57 Å². The maximum Gasteiger partial charge on any atom is 0.158 e. The zero-order valence-electron chi connectivity index (χ0n) is 16.3. The number of nitrogens with zero attached hydrogens (tertiary/aromatic N) is 4. The van der Waals surface area contributed by atoms with Gasteiger partial charge in [-0.05, 0) is 42.9 Å². The van der Waals surface area contributed by atoms with Gasteiger partial charge in [0.25, 0.3) is 0 Å². The Labute approximate surface area is 160 Å². The Morgan fingerprint density at radius 2 is 2.00 bits per heavy atom. The fourth-order valence-corrected chi connectivity index (χ4v) is 4.28. The Balaban J connectivity index is 1.78. The Hall–Kier alpha value is -2.26. The van der Waals surface area contributed by atoms with Crippen molar-refractivity contribution in [2.45, 2.75) is 32.7 Å². The molecule has 0 spiro atoms. The van der Waals surface area contributed by atoms with Crippen LogP contribution in [0.5, 0.6) is 0 Å². The molecule has 0 bridgehead atoms. The molecular formula is C21H25N4OP. The number of rotatable bonds is 5. The summed E-state index contributed by atoms with van der Waals surface area (Å²) in [7, 11) is -2.34. The van der Waals surface area contributed by atoms with Crippen LogP contribution in [-0.4, -0.2) is 33.1 Å². The molecule has 6 heteroatoms. The maximum absolute atomic E-state index is 12.5. The monoisotopic (exact) mass is 380 g/mol. The van der Waals surface area contributed by atoms with Crippen molar-refractivity contribution in [1.29, 1.82) is 0 Å². The van der Waals surface area contributed by atoms with Gasteiger partial charge >= 0.3 is 0 Å². The van der Waals surface area contributed by atoms with Crippen molar-refractivity contribution in [3.05, 3.63) is 60.2 Å². The fraction of sp³-hybridized carbons (Fsp3) is 0.381. The summed E-state index contributed by atoms with van der Waals surface area (Å²) in [6.07, 6.45) is 4.74. The molecule has 0 N–H and O–H groups in total. The third kappa shape index (κ3) is 3.74. The van der Waals surface area contributed by atoms with E-state index < -0.39 is 7.14 Å². The number of pyridine rings is 1. The van der Waals surface area contributed by atoms with Crippen LogP contribution in [0, 0.1) is 5.41 Å². The summed E-state index contributed by atoms with van der Waals surface area (Å²) in [5, 5.41) is 5.71. The zero-order valence-corrected chi connectivity index (χ0v) is 17.1. The molecule has 1 atom stereocenters. The third-order valence-corrected chi connectivity index (χ3v) is 6.82. The summed E-state index contributed by atoms with van der Waals surface area (Å²) in [5.74, 6) is 2.13. The highest BCUT2D eigenvalue weighted by atomic mass is 31.2. The smallest absolute Gasteiger partial charge is 0.158 e. The number of benzene rings is 1. The number of aromatic nitrogens is 4. The second-order valence-corrected chi connectivity index (χ2v) is 11.7. The second-order valence-electron chi connectivity index (χ2n) is 8.46. The van der Waals surface area contributed by atoms with Gasteiger partial charge in [0.1, 0.15) is 7.14 Å². The molecule has 0 aliphatic heterocycles. The molecule has 1 saturated carbocycles. The van der Waals surface area contributed by atoms with E-state index in [0.29, 0.717) is 12.5 Å². The van der Waals surface area contributed by atoms with E-state index in [-0.39, 0.29) is 5.41 Å². The summed E-state index contributed by atoms with van der Waals surface area (Å²) in [6, 6.07) is 11.9. The van der Waals surface area contributed by atoms with E-state index in [1.165, 1.54) is 0 Å². The van der Waals surface area contributed by atoms with Gasteiger partial charge in [-0.2, -0.15) is 5.10 Å². The molecule has 3 aromatic rings. The first-order valence-electron chi connectivity index (χ1n) is 9.24. The normalized spacial score (nSPS) is 18.4. The summed E-state index contributed by atoms with van der Waals surface area (Å²) < 4.78 is 14.5. The minimum atomic E-state index is -2.34. The van der Waals surface area contributed by atoms with Crippen molar-refractivity contribution >= 4 is 12.4 Å². The molecule has 2 heterocycles. The van der Waals surface area contributed by atoms with Gasteiger partial charge < -0.3 is 4.57 Å². The fourth-order valence-electron chi connectivity index (χ4n) is 3.38. The van der Waals surface area contributed by atoms with Crippen molar-refractivity contribution in [3.8, 4) is 11.4 Å². The van der Waals surface area contributed by atoms with E-state index in [0.717, 1.165) is 34.5 Å². The maximum atomic E-state index is 12.5. The lowest BCUT2D eigenvalue weighted by atomic mass is 10.1. The molecule has 2 aromatic heterocycles. The van der Waals surface area contributed by atoms with Crippen LogP contribution in [0.2, 0.25) is 0 Å². The molecule has 0 amide bonds. The largest absolute Gasteiger partial charge is 0.319 e. The molecule has 27 heavy (non-hydrogen) atoms. The molecule has 1 unspecified atom stereocenters. The van der Waals surface area contributed by atoms with Crippen molar-refractivity contribution in [2.24, 2.45) is 5.41 Å². The number of hydrogen-bond donors (Lipinski definition) is 0. The van der Waals surface area contributed by atoms with Crippen molar-refractivity contribution in [3.63, 3.8) is 0 Å². The molecule has 5 nitrogen and oxygen atoms in total. The van der Waals surface area contributed by atoms with Gasteiger partial charge in [0.05, 0.1) is 6.54 Å². The van der Waals surface area contributed by atoms with Gasteiger partial charge in [0, 0.05) is 29.2 Å². The standard InChI is InChI=1S/C21H25N4OP/c1-21(2)12-18(21)19-23-20(16-8-5-9-17(11-16)27(3,4)26)25(24-19)14-15-7-6-10-22-13-15/h5-11,13,18H,12,14H2,1-4H3. The molecule has 0 saturated heterocycles. The molecule has 1 fully saturated rings. The van der Waals surface area contributed by atoms with E-state index in [9.17, 15) is 4.57 Å². The first-order chi connectivity index (χ1) is 12.7. The van der Waals surface area contributed by atoms with Crippen molar-refractivity contribution in [1.82, 2.24) is 19.7 Å². The molecular weight excluding hydrogens is 355 g/mol. The van der Waals surface area contributed by atoms with E-state index in [1.807, 2.05) is 47.3 Å². The number of hydrogen-bond acceptors (Lipinski definition) is 4. The Kier molecular flexibility index (Phi) is 4.31. The molecule has 1 aliphatic rings. The van der Waals surface area contributed by atoms with Crippen LogP contribution in [-0.2, 0) is 11.1 Å². The van der Waals surface area contributed by atoms with Crippen LogP contribution in [0.3, 0.4) is 0 Å². The van der Waals surface area contributed by atoms with Gasteiger partial charge in [-0.3, -0.25) is 4.98 Å². The van der Waals surface area contributed by atoms with Crippen LogP contribution >= 0.6 is 7.14 Å². The van der Waals surface area contributed by atoms with Gasteiger partial charge in [0.15, 0.2) is 11.6 Å². The lowest BCUT2D eigenvalue weighted by Gasteiger charge is -2.10. The summed E-state index contributed by atoms with van der Waals surface area (Å²) in [5.41, 5.74) is 2.30. The van der Waals surface area contributed by atoms with Gasteiger partial charge in [0.2, 0.25) is 0 Å². The quantitative estimate of drug-likeness (QED) is 0.624. The highest BCUT2D eigenvalue weighted by Gasteiger charge is 2.49. The Morgan fingerprint density at radius 1 is 1.22 bits per heavy atom. The zero-order chi connectivity index (χ0) is 19.2. The Morgan fingerprint density at radius 3 is 2.63 bits per heavy atom. The molecule has 0 radical (unpaired) electrons. The minimum absolute atomic E-state index is 0.266. The van der Waals surface area contributed by atoms with E-state index in [4.69, 9.17) is 10.1 Å². The van der Waals surface area contributed by atoms with E-state index in [1.54, 1.807) is 19.5 Å². The molecule has 1 aliphatic carbocycles. The third-order valence-electron chi connectivity index (χ3n) is 5.29. The van der Waals surface area contributed by atoms with Crippen LogP contribution in [0.4, 0.5) is 0 Å². The minimum Gasteiger partial charge on any atom is -0.319 e. The first kappa shape index (κ1) is 18.1. The van der Waals surface area contributed by atoms with Gasteiger partial charge in [-0.25, -0.2) is 9.67 Å². The summed E-state index contributed by atoms with van der Waals surface area (Å²) in [4.78, 5) is 9.11. The van der Waals surface area contributed by atoms with Gasteiger partial charge in [-0.1, -0.05) is 38.1 Å². The second kappa shape index (κ2) is 6.42. The van der Waals surface area contributed by atoms with E-state index >= 15 is 0 Å². The van der Waals surface area contributed by atoms with E-state index in [2.05, 4.69) is 18.8 Å². The topological polar surface area (TPSA) is 60.7 Å². The molecule has 1 aromatic carbocycles. The van der Waals surface area contributed by atoms with Gasteiger partial charge in [-0.15, -0.1) is 0 Å². The Bertz CT molecular complexity index is 1020.